The van der Waals surface area contributed by atoms with Crippen LogP contribution in [-0.4, -0.2) is 38.4 Å². The van der Waals surface area contributed by atoms with E-state index in [2.05, 4.69) is 20.7 Å². The lowest BCUT2D eigenvalue weighted by atomic mass is 9.99. The Morgan fingerprint density at radius 1 is 1.12 bits per heavy atom. The van der Waals surface area contributed by atoms with E-state index < -0.39 is 15.8 Å². The number of hydrogen-bond acceptors (Lipinski definition) is 6. The average molecular weight is 473 g/mol. The summed E-state index contributed by atoms with van der Waals surface area (Å²) in [6, 6.07) is 11.3. The molecule has 0 aliphatic carbocycles. The van der Waals surface area contributed by atoms with Crippen LogP contribution in [0, 0.1) is 5.82 Å². The number of aromatic nitrogens is 1. The molecule has 1 saturated heterocycles. The van der Waals surface area contributed by atoms with Crippen molar-refractivity contribution in [3.8, 4) is 0 Å². The highest BCUT2D eigenvalue weighted by Gasteiger charge is 2.39. The van der Waals surface area contributed by atoms with Gasteiger partial charge in [-0.2, -0.15) is 0 Å². The number of sulfonamides is 1. The Hall–Kier alpha value is -2.98. The number of nitrogens with zero attached hydrogens (tertiary/aromatic N) is 3. The minimum Gasteiger partial charge on any atom is -0.359 e. The molecule has 5 rings (SSSR count). The summed E-state index contributed by atoms with van der Waals surface area (Å²) in [5, 5.41) is 1.84. The summed E-state index contributed by atoms with van der Waals surface area (Å²) < 4.78 is 42.4. The number of nitrogens with one attached hydrogen (secondary N) is 1. The zero-order valence-corrected chi connectivity index (χ0v) is 18.7. The number of rotatable bonds is 5. The van der Waals surface area contributed by atoms with Gasteiger partial charge >= 0.3 is 0 Å². The minimum absolute atomic E-state index is 0.0935. The van der Waals surface area contributed by atoms with Gasteiger partial charge in [-0.15, -0.1) is 11.3 Å². The molecule has 166 valence electrons. The minimum atomic E-state index is -3.97. The second-order valence-electron chi connectivity index (χ2n) is 7.78. The van der Waals surface area contributed by atoms with Gasteiger partial charge in [0.05, 0.1) is 10.6 Å². The van der Waals surface area contributed by atoms with Gasteiger partial charge in [-0.3, -0.25) is 9.52 Å². The van der Waals surface area contributed by atoms with E-state index >= 15 is 0 Å². The Labute approximate surface area is 189 Å². The Bertz CT molecular complexity index is 1260. The number of carbonyl (C=O) groups excluding carboxylic acids is 1. The fourth-order valence-corrected chi connectivity index (χ4v) is 6.20. The SMILES string of the molecule is O=C1[C@@H](N2CCCc3ccccc32)CCN1c1ccc(S(=O)(=O)Nc2nccs2)cc1F. The number of halogens is 1. The molecule has 0 spiro atoms. The summed E-state index contributed by atoms with van der Waals surface area (Å²) in [6.07, 6.45) is 4.01. The monoisotopic (exact) mass is 472 g/mol. The zero-order valence-electron chi connectivity index (χ0n) is 17.1. The van der Waals surface area contributed by atoms with Gasteiger partial charge in [-0.1, -0.05) is 18.2 Å². The van der Waals surface area contributed by atoms with Crippen molar-refractivity contribution in [1.82, 2.24) is 4.98 Å². The van der Waals surface area contributed by atoms with Gasteiger partial charge in [0.15, 0.2) is 5.13 Å². The lowest BCUT2D eigenvalue weighted by Crippen LogP contribution is -2.44. The van der Waals surface area contributed by atoms with Crippen LogP contribution in [0.25, 0.3) is 0 Å². The third-order valence-electron chi connectivity index (χ3n) is 5.87. The molecule has 0 radical (unpaired) electrons. The molecule has 7 nitrogen and oxygen atoms in total. The summed E-state index contributed by atoms with van der Waals surface area (Å²) in [4.78, 5) is 20.4. The van der Waals surface area contributed by atoms with Crippen molar-refractivity contribution in [1.29, 1.82) is 0 Å². The maximum absolute atomic E-state index is 15.0. The number of fused-ring (bicyclic) bond motifs is 1. The Morgan fingerprint density at radius 3 is 2.75 bits per heavy atom. The van der Waals surface area contributed by atoms with Gasteiger partial charge in [0.2, 0.25) is 5.91 Å². The smallest absolute Gasteiger partial charge is 0.263 e. The highest BCUT2D eigenvalue weighted by molar-refractivity contribution is 7.93. The molecule has 2 aliphatic rings. The van der Waals surface area contributed by atoms with Crippen molar-refractivity contribution < 1.29 is 17.6 Å². The molecule has 2 aromatic carbocycles. The molecule has 2 aliphatic heterocycles. The number of hydrogen-bond donors (Lipinski definition) is 1. The number of para-hydroxylation sites is 1. The Kier molecular flexibility index (Phi) is 5.34. The van der Waals surface area contributed by atoms with Crippen LogP contribution in [0.3, 0.4) is 0 Å². The first-order valence-electron chi connectivity index (χ1n) is 10.3. The highest BCUT2D eigenvalue weighted by atomic mass is 32.2. The van der Waals surface area contributed by atoms with E-state index in [4.69, 9.17) is 0 Å². The lowest BCUT2D eigenvalue weighted by molar-refractivity contribution is -0.118. The Balaban J connectivity index is 1.38. The molecule has 3 aromatic rings. The van der Waals surface area contributed by atoms with Crippen molar-refractivity contribution in [2.45, 2.75) is 30.2 Å². The van der Waals surface area contributed by atoms with E-state index in [0.29, 0.717) is 13.0 Å². The predicted molar refractivity (Wildman–Crippen MR) is 122 cm³/mol. The van der Waals surface area contributed by atoms with E-state index in [0.717, 1.165) is 42.5 Å². The van der Waals surface area contributed by atoms with E-state index in [9.17, 15) is 17.6 Å². The molecule has 0 unspecified atom stereocenters. The van der Waals surface area contributed by atoms with Crippen LogP contribution in [0.1, 0.15) is 18.4 Å². The number of thiazole rings is 1. The molecule has 32 heavy (non-hydrogen) atoms. The second kappa shape index (κ2) is 8.18. The van der Waals surface area contributed by atoms with Gasteiger partial charge < -0.3 is 9.80 Å². The molecule has 1 N–H and O–H groups in total. The number of aryl methyl sites for hydroxylation is 1. The summed E-state index contributed by atoms with van der Waals surface area (Å²) >= 11 is 1.13. The van der Waals surface area contributed by atoms with Gasteiger partial charge in [0.1, 0.15) is 11.9 Å². The van der Waals surface area contributed by atoms with Gasteiger partial charge in [0.25, 0.3) is 10.0 Å². The van der Waals surface area contributed by atoms with Crippen molar-refractivity contribution in [2.24, 2.45) is 0 Å². The van der Waals surface area contributed by atoms with Crippen molar-refractivity contribution in [2.75, 3.05) is 27.6 Å². The molecular formula is C22H21FN4O3S2. The first-order valence-corrected chi connectivity index (χ1v) is 12.7. The fraction of sp³-hybridized carbons (Fsp3) is 0.273. The van der Waals surface area contributed by atoms with Crippen molar-refractivity contribution >= 4 is 43.8 Å². The standard InChI is InChI=1S/C22H21FN4O3S2/c23-17-14-16(32(29,30)25-22-24-10-13-31-22)7-8-19(17)27-12-9-20(21(27)28)26-11-3-5-15-4-1-2-6-18(15)26/h1-2,4,6-8,10,13-14,20H,3,5,9,11-12H2,(H,24,25)/t20-/m0/s1. The molecule has 1 amide bonds. The molecule has 0 saturated carbocycles. The van der Waals surface area contributed by atoms with E-state index in [1.807, 2.05) is 18.2 Å². The van der Waals surface area contributed by atoms with Crippen LogP contribution >= 0.6 is 11.3 Å². The predicted octanol–water partition coefficient (Wildman–Crippen LogP) is 3.64. The molecule has 1 atom stereocenters. The van der Waals surface area contributed by atoms with Crippen LogP contribution < -0.4 is 14.5 Å². The molecule has 1 aromatic heterocycles. The summed E-state index contributed by atoms with van der Waals surface area (Å²) in [7, 11) is -3.97. The second-order valence-corrected chi connectivity index (χ2v) is 10.4. The molecule has 0 bridgehead atoms. The quantitative estimate of drug-likeness (QED) is 0.613. The van der Waals surface area contributed by atoms with Crippen LogP contribution in [0.2, 0.25) is 0 Å². The first-order chi connectivity index (χ1) is 15.4. The number of amides is 1. The maximum Gasteiger partial charge on any atom is 0.263 e. The van der Waals surface area contributed by atoms with Gasteiger partial charge in [-0.05, 0) is 49.1 Å². The topological polar surface area (TPSA) is 82.6 Å². The lowest BCUT2D eigenvalue weighted by Gasteiger charge is -2.35. The number of benzene rings is 2. The largest absolute Gasteiger partial charge is 0.359 e. The van der Waals surface area contributed by atoms with Crippen molar-refractivity contribution in [3.63, 3.8) is 0 Å². The van der Waals surface area contributed by atoms with Crippen LogP contribution in [0.15, 0.2) is 58.9 Å². The maximum atomic E-state index is 15.0. The van der Waals surface area contributed by atoms with Crippen LogP contribution in [0.5, 0.6) is 0 Å². The Morgan fingerprint density at radius 2 is 1.97 bits per heavy atom. The third kappa shape index (κ3) is 3.73. The molecular weight excluding hydrogens is 451 g/mol. The summed E-state index contributed by atoms with van der Waals surface area (Å²) in [5.41, 5.74) is 2.38. The molecule has 10 heteroatoms. The summed E-state index contributed by atoms with van der Waals surface area (Å²) in [5.74, 6) is -0.919. The van der Waals surface area contributed by atoms with Gasteiger partial charge in [-0.25, -0.2) is 17.8 Å². The van der Waals surface area contributed by atoms with E-state index in [-0.39, 0.29) is 27.7 Å². The average Bonchev–Trinajstić information content (AvgIpc) is 3.42. The van der Waals surface area contributed by atoms with E-state index in [1.165, 1.54) is 28.8 Å². The molecule has 3 heterocycles. The van der Waals surface area contributed by atoms with Crippen molar-refractivity contribution in [3.05, 3.63) is 65.4 Å². The fourth-order valence-electron chi connectivity index (χ4n) is 4.40. The first kappa shape index (κ1) is 20.9. The highest BCUT2D eigenvalue weighted by Crippen LogP contribution is 2.34. The number of carbonyl (C=O) groups is 1. The normalized spacial score (nSPS) is 18.7. The van der Waals surface area contributed by atoms with E-state index in [1.54, 1.807) is 5.38 Å². The summed E-state index contributed by atoms with van der Waals surface area (Å²) in [6.45, 7) is 1.16. The number of anilines is 3. The molecule has 1 fully saturated rings. The van der Waals surface area contributed by atoms with Crippen LogP contribution in [-0.2, 0) is 21.2 Å². The van der Waals surface area contributed by atoms with Gasteiger partial charge in [0, 0.05) is 30.4 Å². The third-order valence-corrected chi connectivity index (χ3v) is 8.03. The van der Waals surface area contributed by atoms with Crippen LogP contribution in [0.4, 0.5) is 20.9 Å². The zero-order chi connectivity index (χ0) is 22.3.